The Hall–Kier alpha value is -1.59. The van der Waals surface area contributed by atoms with Crippen LogP contribution >= 0.6 is 0 Å². The van der Waals surface area contributed by atoms with Crippen LogP contribution in [0.5, 0.6) is 5.75 Å². The minimum atomic E-state index is -0.358. The van der Waals surface area contributed by atoms with Crippen LogP contribution in [0.1, 0.15) is 26.3 Å². The Morgan fingerprint density at radius 3 is 2.96 bits per heavy atom. The lowest BCUT2D eigenvalue weighted by Crippen LogP contribution is -2.49. The van der Waals surface area contributed by atoms with E-state index < -0.39 is 0 Å². The first-order chi connectivity index (χ1) is 11.0. The third-order valence-electron chi connectivity index (χ3n) is 3.94. The highest BCUT2D eigenvalue weighted by molar-refractivity contribution is 5.81. The number of nitrogens with zero attached hydrogens (tertiary/aromatic N) is 2. The Labute approximate surface area is 139 Å². The molecule has 1 heterocycles. The molecule has 5 nitrogen and oxygen atoms in total. The van der Waals surface area contributed by atoms with Gasteiger partial charge in [0.25, 0.3) is 5.91 Å². The largest absolute Gasteiger partial charge is 0.491 e. The molecule has 1 amide bonds. The minimum absolute atomic E-state index is 0.0401. The molecule has 1 fully saturated rings. The predicted molar refractivity (Wildman–Crippen MR) is 90.5 cm³/mol. The zero-order valence-electron chi connectivity index (χ0n) is 14.6. The van der Waals surface area contributed by atoms with E-state index in [9.17, 15) is 4.79 Å². The van der Waals surface area contributed by atoms with E-state index in [-0.39, 0.29) is 18.1 Å². The van der Waals surface area contributed by atoms with Crippen molar-refractivity contribution in [2.24, 2.45) is 0 Å². The molecule has 1 aliphatic heterocycles. The van der Waals surface area contributed by atoms with Crippen LogP contribution in [0.2, 0.25) is 0 Å². The minimum Gasteiger partial charge on any atom is -0.491 e. The number of amides is 1. The van der Waals surface area contributed by atoms with Gasteiger partial charge in [0.15, 0.2) is 0 Å². The molecule has 0 bridgehead atoms. The van der Waals surface area contributed by atoms with Gasteiger partial charge in [0.1, 0.15) is 11.9 Å². The molecule has 1 unspecified atom stereocenters. The molecule has 1 saturated heterocycles. The van der Waals surface area contributed by atoms with Gasteiger partial charge in [-0.3, -0.25) is 9.69 Å². The van der Waals surface area contributed by atoms with Crippen molar-refractivity contribution in [1.29, 1.82) is 0 Å². The number of morpholine rings is 1. The van der Waals surface area contributed by atoms with Crippen molar-refractivity contribution in [2.45, 2.75) is 39.5 Å². The number of carbonyl (C=O) groups excluding carboxylic acids is 1. The molecule has 0 N–H and O–H groups in total. The maximum Gasteiger partial charge on any atom is 0.253 e. The molecule has 0 radical (unpaired) electrons. The first-order valence-electron chi connectivity index (χ1n) is 8.34. The van der Waals surface area contributed by atoms with E-state index in [4.69, 9.17) is 9.47 Å². The number of benzene rings is 1. The van der Waals surface area contributed by atoms with Crippen LogP contribution in [-0.4, -0.2) is 61.2 Å². The van der Waals surface area contributed by atoms with Crippen LogP contribution in [0.15, 0.2) is 24.3 Å². The fourth-order valence-corrected chi connectivity index (χ4v) is 2.73. The van der Waals surface area contributed by atoms with Gasteiger partial charge in [-0.25, -0.2) is 0 Å². The molecule has 2 rings (SSSR count). The van der Waals surface area contributed by atoms with Crippen molar-refractivity contribution in [3.05, 3.63) is 29.8 Å². The zero-order chi connectivity index (χ0) is 16.8. The van der Waals surface area contributed by atoms with Crippen LogP contribution in [0, 0.1) is 0 Å². The number of rotatable bonds is 6. The molecule has 0 spiro atoms. The number of hydrogen-bond donors (Lipinski definition) is 0. The Morgan fingerprint density at radius 2 is 2.26 bits per heavy atom. The van der Waals surface area contributed by atoms with Crippen LogP contribution in [0.25, 0.3) is 0 Å². The molecule has 1 atom stereocenters. The first-order valence-corrected chi connectivity index (χ1v) is 8.34. The maximum atomic E-state index is 12.6. The van der Waals surface area contributed by atoms with Gasteiger partial charge < -0.3 is 14.4 Å². The lowest BCUT2D eigenvalue weighted by Gasteiger charge is -2.33. The monoisotopic (exact) mass is 320 g/mol. The second-order valence-electron chi connectivity index (χ2n) is 6.26. The summed E-state index contributed by atoms with van der Waals surface area (Å²) in [6, 6.07) is 7.90. The van der Waals surface area contributed by atoms with Crippen LogP contribution in [0.3, 0.4) is 0 Å². The van der Waals surface area contributed by atoms with E-state index in [0.717, 1.165) is 24.4 Å². The Balaban J connectivity index is 1.95. The summed E-state index contributed by atoms with van der Waals surface area (Å²) in [4.78, 5) is 16.6. The molecule has 0 saturated carbocycles. The number of carbonyl (C=O) groups is 1. The molecule has 1 aromatic carbocycles. The fourth-order valence-electron chi connectivity index (χ4n) is 2.73. The molecule has 0 aliphatic carbocycles. The first kappa shape index (κ1) is 17.8. The molecular formula is C18H28N2O3. The van der Waals surface area contributed by atoms with Gasteiger partial charge in [-0.2, -0.15) is 0 Å². The topological polar surface area (TPSA) is 42.0 Å². The normalized spacial score (nSPS) is 18.9. The predicted octanol–water partition coefficient (Wildman–Crippen LogP) is 2.15. The third-order valence-corrected chi connectivity index (χ3v) is 3.94. The molecule has 5 heteroatoms. The zero-order valence-corrected chi connectivity index (χ0v) is 14.6. The van der Waals surface area contributed by atoms with E-state index >= 15 is 0 Å². The average molecular weight is 320 g/mol. The van der Waals surface area contributed by atoms with Crippen molar-refractivity contribution in [2.75, 3.05) is 33.3 Å². The summed E-state index contributed by atoms with van der Waals surface area (Å²) in [7, 11) is 1.83. The van der Waals surface area contributed by atoms with E-state index in [1.165, 1.54) is 0 Å². The van der Waals surface area contributed by atoms with E-state index in [1.54, 1.807) is 4.90 Å². The Morgan fingerprint density at radius 1 is 1.48 bits per heavy atom. The summed E-state index contributed by atoms with van der Waals surface area (Å²) in [6.45, 7) is 9.82. The standard InChI is InChI=1S/C18H28N2O3/c1-5-20-9-10-22-17(13-20)18(21)19(4)12-15-7-6-8-16(11-15)23-14(2)3/h6-8,11,14,17H,5,9-10,12-13H2,1-4H3. The molecule has 0 aromatic heterocycles. The van der Waals surface area contributed by atoms with Crippen LogP contribution in [-0.2, 0) is 16.1 Å². The molecule has 1 aromatic rings. The Kier molecular flexibility index (Phi) is 6.42. The smallest absolute Gasteiger partial charge is 0.253 e. The van der Waals surface area contributed by atoms with Crippen LogP contribution in [0.4, 0.5) is 0 Å². The highest BCUT2D eigenvalue weighted by atomic mass is 16.5. The number of likely N-dealkylation sites (N-methyl/N-ethyl adjacent to an activating group) is 2. The highest BCUT2D eigenvalue weighted by Crippen LogP contribution is 2.17. The van der Waals surface area contributed by atoms with Gasteiger partial charge in [0, 0.05) is 26.7 Å². The van der Waals surface area contributed by atoms with Crippen molar-refractivity contribution in [1.82, 2.24) is 9.80 Å². The molecule has 1 aliphatic rings. The fraction of sp³-hybridized carbons (Fsp3) is 0.611. The molecule has 128 valence electrons. The molecular weight excluding hydrogens is 292 g/mol. The van der Waals surface area contributed by atoms with Gasteiger partial charge in [-0.15, -0.1) is 0 Å². The summed E-state index contributed by atoms with van der Waals surface area (Å²) >= 11 is 0. The van der Waals surface area contributed by atoms with Crippen molar-refractivity contribution in [3.8, 4) is 5.75 Å². The second-order valence-corrected chi connectivity index (χ2v) is 6.26. The lowest BCUT2D eigenvalue weighted by molar-refractivity contribution is -0.148. The van der Waals surface area contributed by atoms with Gasteiger partial charge in [0.2, 0.25) is 0 Å². The van der Waals surface area contributed by atoms with E-state index in [0.29, 0.717) is 19.7 Å². The van der Waals surface area contributed by atoms with Gasteiger partial charge in [0.05, 0.1) is 12.7 Å². The molecule has 23 heavy (non-hydrogen) atoms. The second kappa shape index (κ2) is 8.31. The summed E-state index contributed by atoms with van der Waals surface area (Å²) in [5.74, 6) is 0.878. The van der Waals surface area contributed by atoms with Gasteiger partial charge in [-0.1, -0.05) is 19.1 Å². The lowest BCUT2D eigenvalue weighted by atomic mass is 10.2. The van der Waals surface area contributed by atoms with Crippen molar-refractivity contribution < 1.29 is 14.3 Å². The third kappa shape index (κ3) is 5.22. The summed E-state index contributed by atoms with van der Waals surface area (Å²) in [5.41, 5.74) is 1.06. The highest BCUT2D eigenvalue weighted by Gasteiger charge is 2.28. The SMILES string of the molecule is CCN1CCOC(C(=O)N(C)Cc2cccc(OC(C)C)c2)C1. The van der Waals surface area contributed by atoms with Crippen molar-refractivity contribution >= 4 is 5.91 Å². The van der Waals surface area contributed by atoms with Crippen molar-refractivity contribution in [3.63, 3.8) is 0 Å². The number of hydrogen-bond acceptors (Lipinski definition) is 4. The quantitative estimate of drug-likeness (QED) is 0.805. The average Bonchev–Trinajstić information content (AvgIpc) is 2.54. The van der Waals surface area contributed by atoms with Crippen LogP contribution < -0.4 is 4.74 Å². The maximum absolute atomic E-state index is 12.6. The van der Waals surface area contributed by atoms with E-state index in [2.05, 4.69) is 11.8 Å². The summed E-state index contributed by atoms with van der Waals surface area (Å²) < 4.78 is 11.4. The summed E-state index contributed by atoms with van der Waals surface area (Å²) in [6.07, 6.45) is -0.218. The van der Waals surface area contributed by atoms with E-state index in [1.807, 2.05) is 45.2 Å². The summed E-state index contributed by atoms with van der Waals surface area (Å²) in [5, 5.41) is 0. The number of ether oxygens (including phenoxy) is 2. The van der Waals surface area contributed by atoms with Gasteiger partial charge >= 0.3 is 0 Å². The Bertz CT molecular complexity index is 519. The van der Waals surface area contributed by atoms with Gasteiger partial charge in [-0.05, 0) is 38.1 Å².